The molecule has 3 aliphatic rings. The van der Waals surface area contributed by atoms with Crippen LogP contribution in [0.15, 0.2) is 84.2 Å². The molecule has 2 heterocycles. The molecule has 0 saturated heterocycles. The summed E-state index contributed by atoms with van der Waals surface area (Å²) in [5.74, 6) is -0.346. The summed E-state index contributed by atoms with van der Waals surface area (Å²) in [6, 6.07) is 0. The molecule has 1 N–H and O–H groups in total. The molecule has 0 spiro atoms. The smallest absolute Gasteiger partial charge is 0.202 e. The molecule has 1 aliphatic carbocycles. The van der Waals surface area contributed by atoms with Crippen LogP contribution in [0.2, 0.25) is 0 Å². The molecule has 0 unspecified atom stereocenters. The molecule has 0 bridgehead atoms. The fourth-order valence-corrected chi connectivity index (χ4v) is 2.04. The number of hydrogen-bond donors (Lipinski definition) is 1. The summed E-state index contributed by atoms with van der Waals surface area (Å²) in [5, 5.41) is 3.14. The highest BCUT2D eigenvalue weighted by atomic mass is 16.1. The number of nitrogens with zero attached hydrogens (tertiary/aromatic N) is 1. The van der Waals surface area contributed by atoms with Crippen LogP contribution >= 0.6 is 0 Å². The van der Waals surface area contributed by atoms with Crippen LogP contribution in [0.5, 0.6) is 0 Å². The van der Waals surface area contributed by atoms with E-state index in [2.05, 4.69) is 5.32 Å². The maximum absolute atomic E-state index is 11.8. The summed E-state index contributed by atoms with van der Waals surface area (Å²) < 4.78 is 0. The molecule has 2 aliphatic heterocycles. The summed E-state index contributed by atoms with van der Waals surface area (Å²) in [6.45, 7) is 0. The highest BCUT2D eigenvalue weighted by Crippen LogP contribution is 2.20. The zero-order chi connectivity index (χ0) is 13.9. The first-order chi connectivity index (χ1) is 9.74. The van der Waals surface area contributed by atoms with Gasteiger partial charge < -0.3 is 10.2 Å². The van der Waals surface area contributed by atoms with E-state index in [0.29, 0.717) is 5.70 Å². The fourth-order valence-electron chi connectivity index (χ4n) is 2.04. The van der Waals surface area contributed by atoms with Crippen molar-refractivity contribution in [2.24, 2.45) is 0 Å². The summed E-state index contributed by atoms with van der Waals surface area (Å²) in [7, 11) is 0. The van der Waals surface area contributed by atoms with Crippen LogP contribution in [0.25, 0.3) is 0 Å². The Morgan fingerprint density at radius 1 is 0.900 bits per heavy atom. The van der Waals surface area contributed by atoms with Crippen molar-refractivity contribution in [1.82, 2.24) is 10.2 Å². The number of dihydropyridines is 1. The monoisotopic (exact) mass is 264 g/mol. The van der Waals surface area contributed by atoms with Gasteiger partial charge in [0.05, 0.1) is 5.70 Å². The highest BCUT2D eigenvalue weighted by Gasteiger charge is 2.18. The lowest BCUT2D eigenvalue weighted by molar-refractivity contribution is -0.115. The van der Waals surface area contributed by atoms with Crippen molar-refractivity contribution in [3.05, 3.63) is 84.2 Å². The maximum Gasteiger partial charge on any atom is 0.202 e. The Bertz CT molecular complexity index is 669. The van der Waals surface area contributed by atoms with Crippen molar-refractivity contribution in [3.8, 4) is 0 Å². The van der Waals surface area contributed by atoms with Gasteiger partial charge in [-0.25, -0.2) is 0 Å². The first-order valence-corrected chi connectivity index (χ1v) is 6.21. The first kappa shape index (κ1) is 12.2. The number of nitrogens with one attached hydrogen (secondary N) is 1. The maximum atomic E-state index is 11.8. The predicted molar refractivity (Wildman–Crippen MR) is 75.8 cm³/mol. The van der Waals surface area contributed by atoms with Crippen LogP contribution in [-0.2, 0) is 9.59 Å². The average Bonchev–Trinajstić information content (AvgIpc) is 2.51. The highest BCUT2D eigenvalue weighted by molar-refractivity contribution is 6.17. The van der Waals surface area contributed by atoms with Crippen molar-refractivity contribution in [2.45, 2.75) is 0 Å². The molecular weight excluding hydrogens is 252 g/mol. The largest absolute Gasteiger partial charge is 0.361 e. The molecule has 0 amide bonds. The second-order valence-corrected chi connectivity index (χ2v) is 4.40. The van der Waals surface area contributed by atoms with Crippen LogP contribution in [0, 0.1) is 0 Å². The van der Waals surface area contributed by atoms with E-state index >= 15 is 0 Å². The Balaban J connectivity index is 1.83. The summed E-state index contributed by atoms with van der Waals surface area (Å²) in [4.78, 5) is 24.8. The fraction of sp³-hybridized carbons (Fsp3) is 0. The number of allylic oxidation sites excluding steroid dienone is 9. The second kappa shape index (κ2) is 5.01. The second-order valence-electron chi connectivity index (χ2n) is 4.40. The van der Waals surface area contributed by atoms with E-state index in [9.17, 15) is 9.59 Å². The lowest BCUT2D eigenvalue weighted by Crippen LogP contribution is -2.21. The van der Waals surface area contributed by atoms with Crippen LogP contribution in [0.3, 0.4) is 0 Å². The van der Waals surface area contributed by atoms with Gasteiger partial charge in [0, 0.05) is 35.9 Å². The van der Waals surface area contributed by atoms with E-state index in [4.69, 9.17) is 0 Å². The van der Waals surface area contributed by atoms with Gasteiger partial charge in [-0.05, 0) is 36.5 Å². The third kappa shape index (κ3) is 2.31. The molecule has 0 aromatic rings. The van der Waals surface area contributed by atoms with Crippen molar-refractivity contribution in [3.63, 3.8) is 0 Å². The van der Waals surface area contributed by atoms with Crippen molar-refractivity contribution >= 4 is 11.6 Å². The molecule has 0 atom stereocenters. The van der Waals surface area contributed by atoms with Gasteiger partial charge >= 0.3 is 0 Å². The standard InChI is InChI=1S/C16H12N2O2/c19-13-4-5-16(20)15(11-13)18-9-6-12(7-10-18)14-3-1-2-8-17-14/h1-11,17H. The normalized spacial score (nSPS) is 20.6. The van der Waals surface area contributed by atoms with Gasteiger partial charge in [0.2, 0.25) is 5.78 Å². The Morgan fingerprint density at radius 3 is 2.40 bits per heavy atom. The number of carbonyl (C=O) groups excluding carboxylic acids is 2. The summed E-state index contributed by atoms with van der Waals surface area (Å²) >= 11 is 0. The Labute approximate surface area is 116 Å². The van der Waals surface area contributed by atoms with Crippen molar-refractivity contribution in [2.75, 3.05) is 0 Å². The zero-order valence-corrected chi connectivity index (χ0v) is 10.6. The van der Waals surface area contributed by atoms with Crippen LogP contribution in [0.1, 0.15) is 0 Å². The van der Waals surface area contributed by atoms with Crippen LogP contribution in [-0.4, -0.2) is 16.5 Å². The van der Waals surface area contributed by atoms with Gasteiger partial charge in [-0.2, -0.15) is 0 Å². The molecule has 0 aromatic carbocycles. The zero-order valence-electron chi connectivity index (χ0n) is 10.6. The summed E-state index contributed by atoms with van der Waals surface area (Å²) in [5.41, 5.74) is 2.35. The molecule has 3 rings (SSSR count). The lowest BCUT2D eigenvalue weighted by atomic mass is 10.1. The Kier molecular flexibility index (Phi) is 3.05. The van der Waals surface area contributed by atoms with E-state index in [0.717, 1.165) is 11.3 Å². The van der Waals surface area contributed by atoms with E-state index < -0.39 is 0 Å². The minimum atomic E-state index is -0.174. The summed E-state index contributed by atoms with van der Waals surface area (Å²) in [6.07, 6.45) is 18.9. The molecule has 0 saturated carbocycles. The van der Waals surface area contributed by atoms with Crippen LogP contribution < -0.4 is 5.32 Å². The third-order valence-electron chi connectivity index (χ3n) is 3.06. The molecule has 98 valence electrons. The molecule has 0 fully saturated rings. The van der Waals surface area contributed by atoms with Gasteiger partial charge in [-0.3, -0.25) is 9.59 Å². The van der Waals surface area contributed by atoms with Gasteiger partial charge in [0.15, 0.2) is 5.78 Å². The third-order valence-corrected chi connectivity index (χ3v) is 3.06. The minimum absolute atomic E-state index is 0.173. The van der Waals surface area contributed by atoms with Crippen molar-refractivity contribution < 1.29 is 9.59 Å². The topological polar surface area (TPSA) is 49.4 Å². The molecule has 20 heavy (non-hydrogen) atoms. The lowest BCUT2D eigenvalue weighted by Gasteiger charge is -2.22. The van der Waals surface area contributed by atoms with E-state index in [1.807, 2.05) is 36.6 Å². The molecule has 4 heteroatoms. The van der Waals surface area contributed by atoms with E-state index in [1.165, 1.54) is 18.2 Å². The van der Waals surface area contributed by atoms with E-state index in [1.54, 1.807) is 17.3 Å². The molecule has 4 nitrogen and oxygen atoms in total. The average molecular weight is 264 g/mol. The molecule has 0 aromatic heterocycles. The van der Waals surface area contributed by atoms with Gasteiger partial charge in [0.25, 0.3) is 0 Å². The number of rotatable bonds is 1. The Morgan fingerprint density at radius 2 is 1.70 bits per heavy atom. The number of ketones is 2. The van der Waals surface area contributed by atoms with Gasteiger partial charge in [-0.15, -0.1) is 0 Å². The SMILES string of the molecule is O=C1C=CC(=O)C(N2C=CC(=C3C=CC=CN3)C=C2)=C1. The Hall–Kier alpha value is -2.88. The number of carbonyl (C=O) groups is 2. The molecular formula is C16H12N2O2. The van der Waals surface area contributed by atoms with Gasteiger partial charge in [-0.1, -0.05) is 6.08 Å². The van der Waals surface area contributed by atoms with Crippen molar-refractivity contribution in [1.29, 1.82) is 0 Å². The number of hydrogen-bond acceptors (Lipinski definition) is 4. The van der Waals surface area contributed by atoms with Gasteiger partial charge in [0.1, 0.15) is 0 Å². The minimum Gasteiger partial charge on any atom is -0.361 e. The van der Waals surface area contributed by atoms with E-state index in [-0.39, 0.29) is 11.6 Å². The predicted octanol–water partition coefficient (Wildman–Crippen LogP) is 1.85. The van der Waals surface area contributed by atoms with Crippen LogP contribution in [0.4, 0.5) is 0 Å². The first-order valence-electron chi connectivity index (χ1n) is 6.21. The molecule has 0 radical (unpaired) electrons. The quantitative estimate of drug-likeness (QED) is 0.734.